The number of hydrogen-bond donors (Lipinski definition) is 0. The molecule has 3 aromatic rings. The maximum absolute atomic E-state index is 6.06. The minimum atomic E-state index is 0.562. The lowest BCUT2D eigenvalue weighted by molar-refractivity contribution is 0.172. The second-order valence-electron chi connectivity index (χ2n) is 6.99. The third-order valence-electron chi connectivity index (χ3n) is 4.79. The molecular weight excluding hydrogens is 334 g/mol. The molecule has 1 fully saturated rings. The van der Waals surface area contributed by atoms with Crippen molar-refractivity contribution in [3.05, 3.63) is 95.6 Å². The molecule has 3 nitrogen and oxygen atoms in total. The molecule has 138 valence electrons. The molecule has 1 aliphatic rings. The van der Waals surface area contributed by atoms with Gasteiger partial charge in [0.2, 0.25) is 0 Å². The summed E-state index contributed by atoms with van der Waals surface area (Å²) >= 11 is 0. The summed E-state index contributed by atoms with van der Waals surface area (Å²) in [6.07, 6.45) is 1.29. The zero-order valence-electron chi connectivity index (χ0n) is 15.5. The molecule has 1 heterocycles. The van der Waals surface area contributed by atoms with Crippen LogP contribution in [0.25, 0.3) is 0 Å². The molecule has 3 aromatic carbocycles. The largest absolute Gasteiger partial charge is 0.489 e. The van der Waals surface area contributed by atoms with Crippen molar-refractivity contribution < 1.29 is 9.47 Å². The third kappa shape index (κ3) is 5.11. The van der Waals surface area contributed by atoms with Gasteiger partial charge in [0, 0.05) is 12.6 Å². The summed E-state index contributed by atoms with van der Waals surface area (Å²) in [4.78, 5) is 2.44. The molecule has 0 amide bonds. The number of rotatable bonds is 8. The Morgan fingerprint density at radius 1 is 0.630 bits per heavy atom. The highest BCUT2D eigenvalue weighted by molar-refractivity contribution is 5.39. The van der Waals surface area contributed by atoms with Gasteiger partial charge in [-0.25, -0.2) is 0 Å². The van der Waals surface area contributed by atoms with Crippen molar-refractivity contribution in [3.8, 4) is 11.5 Å². The lowest BCUT2D eigenvalue weighted by atomic mass is 10.1. The van der Waals surface area contributed by atoms with Gasteiger partial charge in [-0.3, -0.25) is 4.90 Å². The van der Waals surface area contributed by atoms with E-state index in [2.05, 4.69) is 41.3 Å². The fourth-order valence-corrected chi connectivity index (χ4v) is 3.17. The van der Waals surface area contributed by atoms with E-state index in [0.717, 1.165) is 29.2 Å². The minimum Gasteiger partial charge on any atom is -0.489 e. The molecule has 0 saturated carbocycles. The third-order valence-corrected chi connectivity index (χ3v) is 4.79. The van der Waals surface area contributed by atoms with Gasteiger partial charge in [0.25, 0.3) is 0 Å². The number of nitrogens with zero attached hydrogens (tertiary/aromatic N) is 1. The van der Waals surface area contributed by atoms with Gasteiger partial charge in [0.05, 0.1) is 0 Å². The topological polar surface area (TPSA) is 21.7 Å². The van der Waals surface area contributed by atoms with Crippen molar-refractivity contribution in [2.45, 2.75) is 26.2 Å². The molecule has 0 spiro atoms. The van der Waals surface area contributed by atoms with E-state index in [1.165, 1.54) is 25.1 Å². The van der Waals surface area contributed by atoms with E-state index < -0.39 is 0 Å². The Bertz CT molecular complexity index is 783. The van der Waals surface area contributed by atoms with E-state index in [1.807, 2.05) is 42.5 Å². The number of benzene rings is 3. The molecule has 0 aromatic heterocycles. The van der Waals surface area contributed by atoms with Crippen molar-refractivity contribution in [1.29, 1.82) is 0 Å². The molecule has 1 saturated heterocycles. The smallest absolute Gasteiger partial charge is 0.123 e. The Kier molecular flexibility index (Phi) is 5.70. The average Bonchev–Trinajstić information content (AvgIpc) is 2.69. The van der Waals surface area contributed by atoms with Gasteiger partial charge in [-0.15, -0.1) is 0 Å². The predicted octanol–water partition coefficient (Wildman–Crippen LogP) is 5.05. The minimum absolute atomic E-state index is 0.562. The van der Waals surface area contributed by atoms with Crippen LogP contribution in [0.2, 0.25) is 0 Å². The highest BCUT2D eigenvalue weighted by Gasteiger charge is 2.15. The summed E-state index contributed by atoms with van der Waals surface area (Å²) in [6, 6.07) is 26.8. The molecule has 0 bridgehead atoms. The van der Waals surface area contributed by atoms with Crippen molar-refractivity contribution >= 4 is 0 Å². The standard InChI is InChI=1S/C24H25NO2/c1-3-8-20(9-4-1)18-26-23-14-22(17-25-12-7-13-25)15-24(16-23)27-19-21-10-5-2-6-11-21/h1-6,8-11,14-16H,7,12-13,17-19H2. The Morgan fingerprint density at radius 2 is 1.15 bits per heavy atom. The molecule has 27 heavy (non-hydrogen) atoms. The normalized spacial score (nSPS) is 13.8. The lowest BCUT2D eigenvalue weighted by Crippen LogP contribution is -2.36. The van der Waals surface area contributed by atoms with E-state index in [9.17, 15) is 0 Å². The summed E-state index contributed by atoms with van der Waals surface area (Å²) in [6.45, 7) is 4.42. The number of hydrogen-bond acceptors (Lipinski definition) is 3. The Balaban J connectivity index is 1.47. The fourth-order valence-electron chi connectivity index (χ4n) is 3.17. The molecule has 4 rings (SSSR count). The average molecular weight is 359 g/mol. The number of ether oxygens (including phenoxy) is 2. The van der Waals surface area contributed by atoms with Crippen molar-refractivity contribution in [3.63, 3.8) is 0 Å². The monoisotopic (exact) mass is 359 g/mol. The summed E-state index contributed by atoms with van der Waals surface area (Å²) in [7, 11) is 0. The van der Waals surface area contributed by atoms with Crippen molar-refractivity contribution in [2.24, 2.45) is 0 Å². The van der Waals surface area contributed by atoms with Gasteiger partial charge in [-0.1, -0.05) is 60.7 Å². The second kappa shape index (κ2) is 8.74. The molecular formula is C24H25NO2. The van der Waals surface area contributed by atoms with Crippen molar-refractivity contribution in [1.82, 2.24) is 4.90 Å². The first-order valence-corrected chi connectivity index (χ1v) is 9.55. The van der Waals surface area contributed by atoms with Crippen LogP contribution >= 0.6 is 0 Å². The van der Waals surface area contributed by atoms with Gasteiger partial charge in [0.15, 0.2) is 0 Å². The van der Waals surface area contributed by atoms with Crippen LogP contribution in [0.1, 0.15) is 23.1 Å². The Labute approximate surface area is 161 Å². The second-order valence-corrected chi connectivity index (χ2v) is 6.99. The van der Waals surface area contributed by atoms with Gasteiger partial charge < -0.3 is 9.47 Å². The predicted molar refractivity (Wildman–Crippen MR) is 108 cm³/mol. The van der Waals surface area contributed by atoms with Crippen LogP contribution in [0.4, 0.5) is 0 Å². The van der Waals surface area contributed by atoms with Gasteiger partial charge in [-0.2, -0.15) is 0 Å². The quantitative estimate of drug-likeness (QED) is 0.562. The van der Waals surface area contributed by atoms with Crippen molar-refractivity contribution in [2.75, 3.05) is 13.1 Å². The highest BCUT2D eigenvalue weighted by atomic mass is 16.5. The summed E-state index contributed by atoms with van der Waals surface area (Å²) in [5.74, 6) is 1.72. The molecule has 0 aliphatic carbocycles. The molecule has 3 heteroatoms. The SMILES string of the molecule is c1ccc(COc2cc(CN3CCC3)cc(OCc3ccccc3)c2)cc1. The highest BCUT2D eigenvalue weighted by Crippen LogP contribution is 2.26. The van der Waals surface area contributed by atoms with E-state index in [4.69, 9.17) is 9.47 Å². The molecule has 1 aliphatic heterocycles. The zero-order chi connectivity index (χ0) is 18.3. The van der Waals surface area contributed by atoms with Crippen LogP contribution < -0.4 is 9.47 Å². The van der Waals surface area contributed by atoms with Gasteiger partial charge in [-0.05, 0) is 48.3 Å². The van der Waals surface area contributed by atoms with Gasteiger partial charge in [0.1, 0.15) is 24.7 Å². The van der Waals surface area contributed by atoms with Crippen LogP contribution in [-0.2, 0) is 19.8 Å². The van der Waals surface area contributed by atoms with E-state index >= 15 is 0 Å². The van der Waals surface area contributed by atoms with E-state index in [0.29, 0.717) is 13.2 Å². The van der Waals surface area contributed by atoms with Crippen LogP contribution in [0, 0.1) is 0 Å². The maximum Gasteiger partial charge on any atom is 0.123 e. The van der Waals surface area contributed by atoms with Gasteiger partial charge >= 0.3 is 0 Å². The molecule has 0 radical (unpaired) electrons. The molecule has 0 unspecified atom stereocenters. The molecule has 0 atom stereocenters. The number of likely N-dealkylation sites (tertiary alicyclic amines) is 1. The molecule has 0 N–H and O–H groups in total. The summed E-state index contributed by atoms with van der Waals surface area (Å²) < 4.78 is 12.1. The maximum atomic E-state index is 6.06. The summed E-state index contributed by atoms with van der Waals surface area (Å²) in [5.41, 5.74) is 3.57. The fraction of sp³-hybridized carbons (Fsp3) is 0.250. The summed E-state index contributed by atoms with van der Waals surface area (Å²) in [5, 5.41) is 0. The van der Waals surface area contributed by atoms with Crippen LogP contribution in [0.15, 0.2) is 78.9 Å². The Hall–Kier alpha value is -2.78. The van der Waals surface area contributed by atoms with E-state index in [-0.39, 0.29) is 0 Å². The van der Waals surface area contributed by atoms with Crippen LogP contribution in [-0.4, -0.2) is 18.0 Å². The first kappa shape index (κ1) is 17.6. The first-order valence-electron chi connectivity index (χ1n) is 9.55. The lowest BCUT2D eigenvalue weighted by Gasteiger charge is -2.30. The van der Waals surface area contributed by atoms with Crippen LogP contribution in [0.3, 0.4) is 0 Å². The zero-order valence-corrected chi connectivity index (χ0v) is 15.5. The van der Waals surface area contributed by atoms with E-state index in [1.54, 1.807) is 0 Å². The Morgan fingerprint density at radius 3 is 1.59 bits per heavy atom. The van der Waals surface area contributed by atoms with Crippen LogP contribution in [0.5, 0.6) is 11.5 Å². The first-order chi connectivity index (χ1) is 13.3.